The zero-order chi connectivity index (χ0) is 49.9. The maximum atomic E-state index is 14.2. The molecule has 0 bridgehead atoms. The minimum Gasteiger partial charge on any atom is -0.345 e. The van der Waals surface area contributed by atoms with Crippen molar-refractivity contribution in [1.29, 1.82) is 0 Å². The van der Waals surface area contributed by atoms with Crippen LogP contribution in [0.3, 0.4) is 0 Å². The molecule has 3 aromatic carbocycles. The Kier molecular flexibility index (Phi) is 21.8. The molecule has 0 heterocycles. The summed E-state index contributed by atoms with van der Waals surface area (Å²) < 4.78 is 14.0. The summed E-state index contributed by atoms with van der Waals surface area (Å²) in [7, 11) is 0. The molecule has 0 radical (unpaired) electrons. The van der Waals surface area contributed by atoms with Gasteiger partial charge in [0.1, 0.15) is 36.0 Å². The first-order valence-corrected chi connectivity index (χ1v) is 24.3. The lowest BCUT2D eigenvalue weighted by Gasteiger charge is -2.29. The van der Waals surface area contributed by atoms with Crippen molar-refractivity contribution in [2.45, 2.75) is 149 Å². The zero-order valence-electron chi connectivity index (χ0n) is 40.9. The van der Waals surface area contributed by atoms with Crippen LogP contribution in [0.1, 0.15) is 111 Å². The van der Waals surface area contributed by atoms with Crippen molar-refractivity contribution in [3.8, 4) is 11.1 Å². The third kappa shape index (κ3) is 17.6. The molecule has 0 aromatic heterocycles. The van der Waals surface area contributed by atoms with Crippen LogP contribution in [-0.4, -0.2) is 84.0 Å². The molecule has 4 rings (SSSR count). The SMILES string of the molecule is CC(=O)[C@H](CC1CCCCC1)NC(=O)[C@H](CCN)NC(=O)[C@@H](CC(C)C)NC(=O)[C@H](C)NC(=O)[C@@H](NC(=O)[C@H](Cc1ccc(-c2ccccc2)cc1)NC(=O)[C@@H](C)Cc1cccc(F)c1)C(C)C. The predicted octanol–water partition coefficient (Wildman–Crippen LogP) is 5.45. The number of carbonyl (C=O) groups is 7. The molecule has 8 N–H and O–H groups in total. The highest BCUT2D eigenvalue weighted by atomic mass is 19.1. The van der Waals surface area contributed by atoms with Crippen LogP contribution >= 0.6 is 0 Å². The van der Waals surface area contributed by atoms with Gasteiger partial charge in [-0.15, -0.1) is 0 Å². The number of amides is 6. The Morgan fingerprint density at radius 1 is 0.588 bits per heavy atom. The van der Waals surface area contributed by atoms with Gasteiger partial charge >= 0.3 is 0 Å². The van der Waals surface area contributed by atoms with E-state index < -0.39 is 89.3 Å². The van der Waals surface area contributed by atoms with Gasteiger partial charge in [-0.05, 0) is 98.2 Å². The summed E-state index contributed by atoms with van der Waals surface area (Å²) in [5.41, 5.74) is 9.22. The second-order valence-electron chi connectivity index (χ2n) is 19.3. The van der Waals surface area contributed by atoms with Crippen LogP contribution < -0.4 is 37.6 Å². The van der Waals surface area contributed by atoms with Crippen LogP contribution in [0.2, 0.25) is 0 Å². The lowest BCUT2D eigenvalue weighted by Crippen LogP contribution is -2.60. The maximum Gasteiger partial charge on any atom is 0.243 e. The summed E-state index contributed by atoms with van der Waals surface area (Å²) in [5.74, 6) is -4.95. The molecule has 6 amide bonds. The Bertz CT molecular complexity index is 2150. The first kappa shape index (κ1) is 54.6. The summed E-state index contributed by atoms with van der Waals surface area (Å²) in [6.07, 6.45) is 6.49. The quantitative estimate of drug-likeness (QED) is 0.0578. The van der Waals surface area contributed by atoms with Crippen molar-refractivity contribution >= 4 is 41.2 Å². The smallest absolute Gasteiger partial charge is 0.243 e. The Hall–Kier alpha value is -5.96. The minimum atomic E-state index is -1.16. The van der Waals surface area contributed by atoms with E-state index in [0.29, 0.717) is 17.9 Å². The lowest BCUT2D eigenvalue weighted by molar-refractivity contribution is -0.136. The second-order valence-corrected chi connectivity index (χ2v) is 19.3. The summed E-state index contributed by atoms with van der Waals surface area (Å²) in [4.78, 5) is 95.4. The number of nitrogens with one attached hydrogen (secondary N) is 6. The van der Waals surface area contributed by atoms with Crippen LogP contribution in [0.25, 0.3) is 11.1 Å². The molecule has 0 aliphatic heterocycles. The number of rotatable bonds is 25. The van der Waals surface area contributed by atoms with Crippen LogP contribution in [-0.2, 0) is 46.4 Å². The van der Waals surface area contributed by atoms with E-state index in [1.165, 1.54) is 26.0 Å². The predicted molar refractivity (Wildman–Crippen MR) is 262 cm³/mol. The fraction of sp³-hybridized carbons (Fsp3) is 0.528. The van der Waals surface area contributed by atoms with Gasteiger partial charge in [-0.3, -0.25) is 33.6 Å². The summed E-state index contributed by atoms with van der Waals surface area (Å²) in [6.45, 7) is 11.9. The van der Waals surface area contributed by atoms with Crippen LogP contribution in [0.15, 0.2) is 78.9 Å². The normalized spacial score (nSPS) is 16.0. The van der Waals surface area contributed by atoms with E-state index in [1.807, 2.05) is 68.4 Å². The number of halogens is 1. The fourth-order valence-corrected chi connectivity index (χ4v) is 8.55. The van der Waals surface area contributed by atoms with Crippen molar-refractivity contribution < 1.29 is 38.0 Å². The van der Waals surface area contributed by atoms with Gasteiger partial charge in [0.05, 0.1) is 6.04 Å². The molecule has 7 atom stereocenters. The third-order valence-electron chi connectivity index (χ3n) is 12.5. The molecule has 0 unspecified atom stereocenters. The Morgan fingerprint density at radius 3 is 1.78 bits per heavy atom. The second kappa shape index (κ2) is 27.1. The molecular weight excluding hydrogens is 866 g/mol. The highest BCUT2D eigenvalue weighted by Gasteiger charge is 2.34. The van der Waals surface area contributed by atoms with Gasteiger partial charge in [0.25, 0.3) is 0 Å². The third-order valence-corrected chi connectivity index (χ3v) is 12.5. The van der Waals surface area contributed by atoms with Crippen molar-refractivity contribution in [2.75, 3.05) is 6.54 Å². The van der Waals surface area contributed by atoms with E-state index in [4.69, 9.17) is 5.73 Å². The van der Waals surface area contributed by atoms with E-state index in [2.05, 4.69) is 31.9 Å². The zero-order valence-corrected chi connectivity index (χ0v) is 40.9. The van der Waals surface area contributed by atoms with Crippen molar-refractivity contribution in [3.05, 3.63) is 95.8 Å². The standard InChI is InChI=1S/C53H74FN7O7/c1-32(2)27-45(51(66)57-43(25-26-55)50(65)58-44(36(7)62)30-37-15-10-8-11-16-37)60-49(64)35(6)56-53(68)47(33(3)4)61-52(67)46(59-48(63)34(5)28-39-17-14-20-42(54)29-39)31-38-21-23-41(24-22-38)40-18-12-9-13-19-40/h9,12-14,17-24,29,32-35,37,43-47H,8,10-11,15-16,25-28,30-31,55H2,1-7H3,(H,56,68)(H,57,66)(H,58,65)(H,59,63)(H,60,64)(H,61,67)/t34-,35-,43-,44-,45+,46-,47-/m0/s1. The molecule has 0 spiro atoms. The molecule has 3 aromatic rings. The summed E-state index contributed by atoms with van der Waals surface area (Å²) in [6, 6.07) is 17.1. The average molecular weight is 940 g/mol. The molecule has 1 aliphatic rings. The molecule has 1 fully saturated rings. The van der Waals surface area contributed by atoms with Gasteiger partial charge < -0.3 is 37.6 Å². The largest absolute Gasteiger partial charge is 0.345 e. The van der Waals surface area contributed by atoms with Crippen molar-refractivity contribution in [1.82, 2.24) is 31.9 Å². The number of Topliss-reactive ketones (excluding diaryl/α,β-unsaturated/α-hetero) is 1. The van der Waals surface area contributed by atoms with Gasteiger partial charge in [-0.2, -0.15) is 0 Å². The van der Waals surface area contributed by atoms with Crippen molar-refractivity contribution in [3.63, 3.8) is 0 Å². The number of nitrogens with two attached hydrogens (primary N) is 1. The molecule has 0 saturated heterocycles. The monoisotopic (exact) mass is 940 g/mol. The summed E-state index contributed by atoms with van der Waals surface area (Å²) in [5, 5.41) is 16.7. The highest BCUT2D eigenvalue weighted by Crippen LogP contribution is 2.28. The number of benzene rings is 3. The molecule has 1 aliphatic carbocycles. The first-order chi connectivity index (χ1) is 32.3. The van der Waals surface area contributed by atoms with E-state index in [9.17, 15) is 38.0 Å². The van der Waals surface area contributed by atoms with Gasteiger partial charge in [0.2, 0.25) is 35.4 Å². The topological polar surface area (TPSA) is 218 Å². The molecule has 370 valence electrons. The van der Waals surface area contributed by atoms with Gasteiger partial charge in [-0.25, -0.2) is 4.39 Å². The number of ketones is 1. The van der Waals surface area contributed by atoms with E-state index in [1.54, 1.807) is 32.9 Å². The molecule has 14 nitrogen and oxygen atoms in total. The summed E-state index contributed by atoms with van der Waals surface area (Å²) >= 11 is 0. The minimum absolute atomic E-state index is 0.0598. The Labute approximate surface area is 401 Å². The molecule has 1 saturated carbocycles. The first-order valence-electron chi connectivity index (χ1n) is 24.3. The number of hydrogen-bond donors (Lipinski definition) is 7. The van der Waals surface area contributed by atoms with Crippen LogP contribution in [0, 0.1) is 29.5 Å². The van der Waals surface area contributed by atoms with Crippen molar-refractivity contribution in [2.24, 2.45) is 29.4 Å². The molecule has 68 heavy (non-hydrogen) atoms. The fourth-order valence-electron chi connectivity index (χ4n) is 8.55. The van der Waals surface area contributed by atoms with Gasteiger partial charge in [-0.1, -0.05) is 133 Å². The highest BCUT2D eigenvalue weighted by molar-refractivity contribution is 5.97. The van der Waals surface area contributed by atoms with E-state index in [0.717, 1.165) is 48.8 Å². The van der Waals surface area contributed by atoms with E-state index in [-0.39, 0.29) is 43.9 Å². The Balaban J connectivity index is 1.44. The number of carbonyl (C=O) groups excluding carboxylic acids is 7. The average Bonchev–Trinajstić information content (AvgIpc) is 3.30. The maximum absolute atomic E-state index is 14.2. The van der Waals surface area contributed by atoms with Gasteiger partial charge in [0.15, 0.2) is 5.78 Å². The Morgan fingerprint density at radius 2 is 1.18 bits per heavy atom. The van der Waals surface area contributed by atoms with E-state index >= 15 is 0 Å². The number of hydrogen-bond acceptors (Lipinski definition) is 8. The van der Waals surface area contributed by atoms with Crippen LogP contribution in [0.4, 0.5) is 4.39 Å². The lowest BCUT2D eigenvalue weighted by atomic mass is 9.84. The molecular formula is C53H74FN7O7. The molecule has 15 heteroatoms. The van der Waals surface area contributed by atoms with Crippen LogP contribution in [0.5, 0.6) is 0 Å². The van der Waals surface area contributed by atoms with Gasteiger partial charge in [0, 0.05) is 12.3 Å².